The van der Waals surface area contributed by atoms with Gasteiger partial charge in [0.1, 0.15) is 12.2 Å². The SMILES string of the molecule is CC(C)O/N=[N+](\[O-])C/[N+]([O-])=N/OC(C)C. The average Bonchev–Trinajstić information content (AvgIpc) is 2.11. The summed E-state index contributed by atoms with van der Waals surface area (Å²) in [6.07, 6.45) is -0.434. The van der Waals surface area contributed by atoms with Crippen LogP contribution in [0.4, 0.5) is 0 Å². The maximum absolute atomic E-state index is 10.9. The minimum Gasteiger partial charge on any atom is -0.592 e. The van der Waals surface area contributed by atoms with Gasteiger partial charge in [-0.3, -0.25) is 0 Å². The lowest BCUT2D eigenvalue weighted by Crippen LogP contribution is -2.16. The summed E-state index contributed by atoms with van der Waals surface area (Å²) in [5.41, 5.74) is 0. The molecule has 0 heterocycles. The van der Waals surface area contributed by atoms with Gasteiger partial charge in [-0.1, -0.05) is 0 Å². The molecular formula is C7H16N4O4. The fourth-order valence-electron chi connectivity index (χ4n) is 0.449. The largest absolute Gasteiger partial charge is 0.592 e. The van der Waals surface area contributed by atoms with Crippen molar-refractivity contribution in [3.63, 3.8) is 0 Å². The molecule has 0 aromatic heterocycles. The molecule has 0 rings (SSSR count). The lowest BCUT2D eigenvalue weighted by molar-refractivity contribution is -0.751. The van der Waals surface area contributed by atoms with Gasteiger partial charge in [0.2, 0.25) is 10.6 Å². The molecule has 8 nitrogen and oxygen atoms in total. The highest BCUT2D eigenvalue weighted by atomic mass is 16.7. The molecule has 0 bridgehead atoms. The highest BCUT2D eigenvalue weighted by Crippen LogP contribution is 1.91. The Morgan fingerprint density at radius 1 is 0.933 bits per heavy atom. The second-order valence-electron chi connectivity index (χ2n) is 3.32. The summed E-state index contributed by atoms with van der Waals surface area (Å²) in [6.45, 7) is 6.23. The zero-order valence-electron chi connectivity index (χ0n) is 9.28. The van der Waals surface area contributed by atoms with Gasteiger partial charge in [-0.05, 0) is 27.7 Å². The van der Waals surface area contributed by atoms with E-state index in [-0.39, 0.29) is 21.9 Å². The Balaban J connectivity index is 3.99. The van der Waals surface area contributed by atoms with Crippen molar-refractivity contribution in [3.8, 4) is 0 Å². The van der Waals surface area contributed by atoms with E-state index in [1.807, 2.05) is 0 Å². The Hall–Kier alpha value is -1.60. The summed E-state index contributed by atoms with van der Waals surface area (Å²) in [4.78, 5) is 9.41. The third-order valence-electron chi connectivity index (χ3n) is 0.940. The van der Waals surface area contributed by atoms with E-state index >= 15 is 0 Å². The molecule has 0 atom stereocenters. The van der Waals surface area contributed by atoms with Gasteiger partial charge in [-0.15, -0.1) is 0 Å². The monoisotopic (exact) mass is 220 g/mol. The first-order chi connectivity index (χ1) is 6.91. The molecule has 0 unspecified atom stereocenters. The molecule has 0 aromatic carbocycles. The summed E-state index contributed by atoms with van der Waals surface area (Å²) >= 11 is 0. The second-order valence-corrected chi connectivity index (χ2v) is 3.32. The van der Waals surface area contributed by atoms with Crippen LogP contribution in [-0.4, -0.2) is 28.6 Å². The molecule has 0 N–H and O–H groups in total. The molecule has 0 fully saturated rings. The zero-order valence-corrected chi connectivity index (χ0v) is 9.28. The minimum absolute atomic E-state index is 0.0835. The normalized spacial score (nSPS) is 13.5. The Morgan fingerprint density at radius 2 is 1.27 bits per heavy atom. The first kappa shape index (κ1) is 13.4. The van der Waals surface area contributed by atoms with Crippen LogP contribution in [0.15, 0.2) is 10.6 Å². The Kier molecular flexibility index (Phi) is 6.07. The van der Waals surface area contributed by atoms with E-state index in [0.29, 0.717) is 0 Å². The van der Waals surface area contributed by atoms with Gasteiger partial charge < -0.3 is 20.1 Å². The molecular weight excluding hydrogens is 204 g/mol. The lowest BCUT2D eigenvalue weighted by Gasteiger charge is -2.02. The van der Waals surface area contributed by atoms with Crippen LogP contribution in [0.5, 0.6) is 0 Å². The maximum Gasteiger partial charge on any atom is 0.408 e. The van der Waals surface area contributed by atoms with Crippen LogP contribution >= 0.6 is 0 Å². The summed E-state index contributed by atoms with van der Waals surface area (Å²) < 4.78 is 0. The minimum atomic E-state index is -0.598. The van der Waals surface area contributed by atoms with Gasteiger partial charge in [0.05, 0.1) is 0 Å². The predicted octanol–water partition coefficient (Wildman–Crippen LogP) is 1.55. The molecule has 0 aromatic rings. The average molecular weight is 220 g/mol. The van der Waals surface area contributed by atoms with Crippen molar-refractivity contribution >= 4 is 0 Å². The highest BCUT2D eigenvalue weighted by Gasteiger charge is 2.06. The fraction of sp³-hybridized carbons (Fsp3) is 1.00. The first-order valence-corrected chi connectivity index (χ1v) is 4.54. The lowest BCUT2D eigenvalue weighted by atomic mass is 10.5. The van der Waals surface area contributed by atoms with Gasteiger partial charge in [-0.25, -0.2) is 0 Å². The maximum atomic E-state index is 10.9. The van der Waals surface area contributed by atoms with Crippen LogP contribution in [0, 0.1) is 10.4 Å². The zero-order chi connectivity index (χ0) is 11.8. The third kappa shape index (κ3) is 8.72. The third-order valence-corrected chi connectivity index (χ3v) is 0.940. The van der Waals surface area contributed by atoms with Crippen LogP contribution in [0.25, 0.3) is 0 Å². The molecule has 0 aliphatic heterocycles. The number of rotatable bonds is 6. The Morgan fingerprint density at radius 3 is 1.53 bits per heavy atom. The molecule has 0 radical (unpaired) electrons. The van der Waals surface area contributed by atoms with E-state index in [1.165, 1.54) is 0 Å². The van der Waals surface area contributed by atoms with Crippen molar-refractivity contribution in [3.05, 3.63) is 10.4 Å². The van der Waals surface area contributed by atoms with Crippen molar-refractivity contribution in [2.45, 2.75) is 39.9 Å². The highest BCUT2D eigenvalue weighted by molar-refractivity contribution is 4.27. The van der Waals surface area contributed by atoms with Crippen LogP contribution in [0.2, 0.25) is 0 Å². The Labute approximate surface area is 87.9 Å². The van der Waals surface area contributed by atoms with Crippen LogP contribution in [-0.2, 0) is 9.68 Å². The molecule has 88 valence electrons. The quantitative estimate of drug-likeness (QED) is 0.293. The Bertz CT molecular complexity index is 215. The first-order valence-electron chi connectivity index (χ1n) is 4.54. The van der Waals surface area contributed by atoms with Gasteiger partial charge in [0, 0.05) is 9.72 Å². The number of hydroxylamine groups is 2. The van der Waals surface area contributed by atoms with Crippen LogP contribution in [0.1, 0.15) is 27.7 Å². The van der Waals surface area contributed by atoms with Gasteiger partial charge in [-0.2, -0.15) is 0 Å². The van der Waals surface area contributed by atoms with E-state index < -0.39 is 6.67 Å². The summed E-state index contributed by atoms with van der Waals surface area (Å²) in [7, 11) is 0. The van der Waals surface area contributed by atoms with E-state index in [2.05, 4.69) is 20.2 Å². The number of hydrogen-bond donors (Lipinski definition) is 0. The summed E-state index contributed by atoms with van der Waals surface area (Å²) in [5.74, 6) is 0. The molecule has 0 amide bonds. The van der Waals surface area contributed by atoms with Gasteiger partial charge in [0.25, 0.3) is 0 Å². The molecule has 0 aliphatic rings. The molecule has 0 saturated heterocycles. The molecule has 0 saturated carbocycles. The van der Waals surface area contributed by atoms with Crippen molar-refractivity contribution in [2.24, 2.45) is 10.6 Å². The van der Waals surface area contributed by atoms with Crippen LogP contribution < -0.4 is 0 Å². The second kappa shape index (κ2) is 6.80. The van der Waals surface area contributed by atoms with Crippen molar-refractivity contribution < 1.29 is 19.4 Å². The predicted molar refractivity (Wildman–Crippen MR) is 49.4 cm³/mol. The topological polar surface area (TPSA) is 95.3 Å². The summed E-state index contributed by atoms with van der Waals surface area (Å²) in [5, 5.41) is 28.0. The van der Waals surface area contributed by atoms with Crippen molar-refractivity contribution in [1.29, 1.82) is 0 Å². The molecule has 0 aliphatic carbocycles. The fourth-order valence-corrected chi connectivity index (χ4v) is 0.449. The van der Waals surface area contributed by atoms with Crippen LogP contribution in [0.3, 0.4) is 0 Å². The number of hydrogen-bond acceptors (Lipinski definition) is 6. The van der Waals surface area contributed by atoms with E-state index in [0.717, 1.165) is 0 Å². The summed E-state index contributed by atoms with van der Waals surface area (Å²) in [6, 6.07) is 0. The van der Waals surface area contributed by atoms with Gasteiger partial charge >= 0.3 is 6.67 Å². The van der Waals surface area contributed by atoms with Gasteiger partial charge in [0.15, 0.2) is 0 Å². The van der Waals surface area contributed by atoms with E-state index in [4.69, 9.17) is 0 Å². The molecule has 15 heavy (non-hydrogen) atoms. The standard InChI is InChI=1S/C7H16N4O4/c1-6(2)14-8-10(12)5-11(13)9-15-7(3)4/h6-7H,5H2,1-4H3/b10-8-,11-9-. The van der Waals surface area contributed by atoms with Crippen molar-refractivity contribution in [1.82, 2.24) is 0 Å². The smallest absolute Gasteiger partial charge is 0.408 e. The van der Waals surface area contributed by atoms with E-state index in [1.54, 1.807) is 27.7 Å². The molecule has 0 spiro atoms. The van der Waals surface area contributed by atoms with E-state index in [9.17, 15) is 10.4 Å². The van der Waals surface area contributed by atoms with Crippen molar-refractivity contribution in [2.75, 3.05) is 6.67 Å². The molecule has 8 heteroatoms. The number of nitrogens with zero attached hydrogens (tertiary/aromatic N) is 4.